The number of hydrogen-bond donors (Lipinski definition) is 8. The van der Waals surface area contributed by atoms with Crippen LogP contribution in [0.15, 0.2) is 60.3 Å². The van der Waals surface area contributed by atoms with Crippen molar-refractivity contribution in [2.24, 2.45) is 97.8 Å². The van der Waals surface area contributed by atoms with Crippen LogP contribution in [-0.4, -0.2) is 87.1 Å². The van der Waals surface area contributed by atoms with Gasteiger partial charge in [-0.1, -0.05) is 192 Å². The van der Waals surface area contributed by atoms with Crippen LogP contribution in [0.2, 0.25) is 0 Å². The van der Waals surface area contributed by atoms with Crippen molar-refractivity contribution in [1.82, 2.24) is 0 Å². The highest BCUT2D eigenvalue weighted by Gasteiger charge is 2.60. The van der Waals surface area contributed by atoms with Gasteiger partial charge >= 0.3 is 19.8 Å². The molecule has 6 unspecified atom stereocenters. The van der Waals surface area contributed by atoms with E-state index in [1.54, 1.807) is 0 Å². The lowest BCUT2D eigenvalue weighted by molar-refractivity contribution is -0.177. The molecule has 4 rings (SSSR count). The first-order valence-corrected chi connectivity index (χ1v) is 42.5. The third-order valence-electron chi connectivity index (χ3n) is 24.0. The average molecular weight is 1410 g/mol. The van der Waals surface area contributed by atoms with Crippen molar-refractivity contribution in [3.8, 4) is 0 Å². The molecule has 0 aromatic rings. The Labute approximate surface area is 607 Å². The summed E-state index contributed by atoms with van der Waals surface area (Å²) in [5.41, 5.74) is 43.0. The molecule has 15 nitrogen and oxygen atoms in total. The number of ether oxygens (including phenoxy) is 2. The van der Waals surface area contributed by atoms with Gasteiger partial charge in [-0.3, -0.25) is 18.6 Å². The quantitative estimate of drug-likeness (QED) is 0.0122. The van der Waals surface area contributed by atoms with Gasteiger partial charge in [-0.15, -0.1) is 0 Å². The van der Waals surface area contributed by atoms with Crippen LogP contribution in [0, 0.1) is 57.7 Å². The highest BCUT2D eigenvalue weighted by Crippen LogP contribution is 2.68. The molecule has 0 spiro atoms. The van der Waals surface area contributed by atoms with Crippen molar-refractivity contribution in [1.29, 1.82) is 0 Å². The molecule has 99 heavy (non-hydrogen) atoms. The molecule has 3 fully saturated rings. The number of hydrogen-bond acceptors (Lipinski definition) is 14. The summed E-state index contributed by atoms with van der Waals surface area (Å²) < 4.78 is 36.7. The van der Waals surface area contributed by atoms with E-state index in [4.69, 9.17) is 58.7 Å². The van der Waals surface area contributed by atoms with Crippen LogP contribution >= 0.6 is 7.82 Å². The zero-order valence-corrected chi connectivity index (χ0v) is 65.6. The van der Waals surface area contributed by atoms with Crippen molar-refractivity contribution in [2.45, 2.75) is 342 Å². The first-order valence-electron chi connectivity index (χ1n) is 41.0. The molecule has 16 heteroatoms. The first kappa shape index (κ1) is 90.7. The number of rotatable bonds is 57. The smallest absolute Gasteiger partial charge is 0.458 e. The van der Waals surface area contributed by atoms with Gasteiger partial charge in [0.1, 0.15) is 6.10 Å². The number of esters is 2. The van der Waals surface area contributed by atoms with Crippen molar-refractivity contribution in [3.05, 3.63) is 60.3 Å². The molecule has 0 aromatic heterocycles. The third-order valence-corrected chi connectivity index (χ3v) is 25.0. The fourth-order valence-electron chi connectivity index (χ4n) is 18.0. The molecule has 0 aromatic carbocycles. The summed E-state index contributed by atoms with van der Waals surface area (Å²) in [7, 11) is -4.55. The second kappa shape index (κ2) is 52.4. The van der Waals surface area contributed by atoms with Crippen molar-refractivity contribution < 1.29 is 37.6 Å². The molecule has 576 valence electrons. The Morgan fingerprint density at radius 3 is 1.60 bits per heavy atom. The van der Waals surface area contributed by atoms with Crippen LogP contribution in [0.5, 0.6) is 0 Å². The predicted octanol–water partition coefficient (Wildman–Crippen LogP) is 18.8. The summed E-state index contributed by atoms with van der Waals surface area (Å²) in [5, 5.41) is 0. The third kappa shape index (κ3) is 33.2. The molecular weight excluding hydrogens is 1250 g/mol. The van der Waals surface area contributed by atoms with E-state index in [-0.39, 0.29) is 54.2 Å². The normalized spacial score (nSPS) is 23.4. The summed E-state index contributed by atoms with van der Waals surface area (Å²) in [6.07, 6.45) is 63.5. The van der Waals surface area contributed by atoms with Gasteiger partial charge in [0.05, 0.1) is 13.2 Å². The molecule has 15 N–H and O–H groups in total. The van der Waals surface area contributed by atoms with E-state index in [1.807, 2.05) is 0 Å². The van der Waals surface area contributed by atoms with E-state index < -0.39 is 32.6 Å². The van der Waals surface area contributed by atoms with E-state index in [1.165, 1.54) is 102 Å². The van der Waals surface area contributed by atoms with Gasteiger partial charge in [0.25, 0.3) is 0 Å². The number of carbonyl (C=O) groups excluding carboxylic acids is 2. The second-order valence-electron chi connectivity index (χ2n) is 31.8. The van der Waals surface area contributed by atoms with Gasteiger partial charge in [0.2, 0.25) is 0 Å². The molecule has 3 saturated carbocycles. The summed E-state index contributed by atoms with van der Waals surface area (Å²) in [6, 6.07) is 0. The Morgan fingerprint density at radius 2 is 1.09 bits per heavy atom. The number of carbonyl (C=O) groups is 2. The first-order chi connectivity index (χ1) is 47.7. The minimum absolute atomic E-state index is 0.0459. The minimum Gasteiger partial charge on any atom is -0.458 e. The SMILES string of the molecule is CCCCC/C=C\C/C=C\CCCCCCCC(=O)OC(C1CC[C@@]2(C)C(=CCC3C2CC[C@@]2(C)C3CC[C@@H]2[C@H](C)CCCC(C)C)C1)[C@H](COP(=O)(O)OCCN)OC(=O)CCCCCCC/C=C\C/C=C\CCCCC.NCCCC(N)(CCCN)C(CN)(CCCN)CCCN. The molecule has 0 saturated heterocycles. The zero-order valence-electron chi connectivity index (χ0n) is 64.7. The van der Waals surface area contributed by atoms with E-state index >= 15 is 0 Å². The number of unbranched alkanes of at least 4 members (excludes halogenated alkanes) is 16. The largest absolute Gasteiger partial charge is 0.472 e. The maximum Gasteiger partial charge on any atom is 0.472 e. The van der Waals surface area contributed by atoms with Gasteiger partial charge in [0, 0.05) is 36.3 Å². The van der Waals surface area contributed by atoms with Crippen molar-refractivity contribution in [3.63, 3.8) is 0 Å². The lowest BCUT2D eigenvalue weighted by Gasteiger charge is -2.59. The average Bonchev–Trinajstić information content (AvgIpc) is 1.69. The monoisotopic (exact) mass is 1410 g/mol. The summed E-state index contributed by atoms with van der Waals surface area (Å²) >= 11 is 0. The number of nitrogens with two attached hydrogens (primary N) is 7. The van der Waals surface area contributed by atoms with Crippen LogP contribution in [0.1, 0.15) is 325 Å². The Balaban J connectivity index is 0.00000104. The van der Waals surface area contributed by atoms with Gasteiger partial charge in [-0.2, -0.15) is 0 Å². The maximum atomic E-state index is 14.0. The van der Waals surface area contributed by atoms with Gasteiger partial charge in [-0.25, -0.2) is 4.57 Å². The number of allylic oxidation sites excluding steroid dienone is 10. The standard InChI is InChI=1S/C68H118NO8P.C15H38N6/c1-8-10-12-14-16-18-20-22-24-26-28-30-32-34-36-41-64(70)76-63(54-75-78(72,73)74-52-51-69)66(77-65(71)42-37-35-33-31-29-27-25-23-21-19-17-15-13-11-9-2)57-47-49-67(6)58(53-57)43-44-59-61-46-45-60(56(5)40-38-39-55(3)4)68(61,7)50-48-62(59)67;16-9-1-5-14(13-20,6-2-10-17)15(21,7-3-11-18)8-4-12-19/h16-19,22-25,43,55-57,59-63,66H,8-15,20-21,26-42,44-54,69H2,1-7H3,(H,72,73);1-13,16-21H2/b18-16-,19-17-,24-22-,25-23-;/t56-,57?,59?,60-,61?,62?,63+,66?,67+,68-;/m1./s1. The molecule has 0 heterocycles. The van der Waals surface area contributed by atoms with Crippen LogP contribution in [-0.2, 0) is 32.7 Å². The predicted molar refractivity (Wildman–Crippen MR) is 417 cm³/mol. The summed E-state index contributed by atoms with van der Waals surface area (Å²) in [6.45, 7) is 19.5. The second-order valence-corrected chi connectivity index (χ2v) is 33.3. The fourth-order valence-corrected chi connectivity index (χ4v) is 18.8. The maximum absolute atomic E-state index is 14.0. The topological polar surface area (TPSA) is 290 Å². The lowest BCUT2D eigenvalue weighted by atomic mass is 9.46. The lowest BCUT2D eigenvalue weighted by Crippen LogP contribution is -2.59. The summed E-state index contributed by atoms with van der Waals surface area (Å²) in [5.74, 6) is 3.51. The Morgan fingerprint density at radius 1 is 0.586 bits per heavy atom. The van der Waals surface area contributed by atoms with Crippen LogP contribution in [0.3, 0.4) is 0 Å². The van der Waals surface area contributed by atoms with Crippen LogP contribution < -0.4 is 40.1 Å². The van der Waals surface area contributed by atoms with E-state index in [0.717, 1.165) is 178 Å². The molecule has 0 radical (unpaired) electrons. The fraction of sp³-hybridized carbons (Fsp3) is 0.855. The Hall–Kier alpha value is -2.53. The van der Waals surface area contributed by atoms with E-state index in [9.17, 15) is 19.0 Å². The Kier molecular flexibility index (Phi) is 48.0. The van der Waals surface area contributed by atoms with Crippen molar-refractivity contribution in [2.75, 3.05) is 52.5 Å². The molecule has 11 atom stereocenters. The summed E-state index contributed by atoms with van der Waals surface area (Å²) in [4.78, 5) is 38.6. The highest BCUT2D eigenvalue weighted by atomic mass is 31.2. The number of phosphoric ester groups is 1. The van der Waals surface area contributed by atoms with Gasteiger partial charge in [0.15, 0.2) is 6.10 Å². The highest BCUT2D eigenvalue weighted by molar-refractivity contribution is 7.47. The van der Waals surface area contributed by atoms with E-state index in [0.29, 0.717) is 62.8 Å². The van der Waals surface area contributed by atoms with Crippen LogP contribution in [0.4, 0.5) is 0 Å². The molecule has 0 bridgehead atoms. The van der Waals surface area contributed by atoms with E-state index in [2.05, 4.69) is 103 Å². The molecule has 4 aliphatic rings. The van der Waals surface area contributed by atoms with Crippen LogP contribution in [0.25, 0.3) is 0 Å². The van der Waals surface area contributed by atoms with Crippen molar-refractivity contribution >= 4 is 19.8 Å². The molecule has 4 aliphatic carbocycles. The zero-order chi connectivity index (χ0) is 72.7. The molecular formula is C83H156N7O8P. The number of phosphoric acid groups is 1. The molecule has 0 aliphatic heterocycles. The number of fused-ring (bicyclic) bond motifs is 5. The minimum atomic E-state index is -4.55. The molecule has 0 amide bonds. The van der Waals surface area contributed by atoms with Gasteiger partial charge < -0.3 is 54.5 Å². The van der Waals surface area contributed by atoms with Gasteiger partial charge in [-0.05, 0) is 259 Å². The Bertz CT molecular complexity index is 2300.